The number of nitrogens with one attached hydrogen (secondary N) is 1. The fourth-order valence-corrected chi connectivity index (χ4v) is 2.39. The average molecular weight is 328 g/mol. The number of amides is 1. The topological polar surface area (TPSA) is 47.6 Å². The van der Waals surface area contributed by atoms with Crippen molar-refractivity contribution >= 4 is 21.8 Å². The molecule has 0 aromatic heterocycles. The van der Waals surface area contributed by atoms with Crippen molar-refractivity contribution in [1.29, 1.82) is 0 Å². The van der Waals surface area contributed by atoms with Gasteiger partial charge in [-0.2, -0.15) is 0 Å². The van der Waals surface area contributed by atoms with Gasteiger partial charge in [0, 0.05) is 16.6 Å². The molecule has 0 aliphatic carbocycles. The first-order chi connectivity index (χ1) is 8.89. The first kappa shape index (κ1) is 14.5. The fraction of sp³-hybridized carbons (Fsp3) is 0.500. The summed E-state index contributed by atoms with van der Waals surface area (Å²) in [6.45, 7) is 6.61. The zero-order chi connectivity index (χ0) is 14.0. The molecule has 1 N–H and O–H groups in total. The number of rotatable bonds is 3. The third-order valence-electron chi connectivity index (χ3n) is 3.07. The average Bonchev–Trinajstić information content (AvgIpc) is 2.69. The van der Waals surface area contributed by atoms with Crippen LogP contribution >= 0.6 is 15.9 Å². The number of carbonyl (C=O) groups excluding carboxylic acids is 1. The van der Waals surface area contributed by atoms with E-state index < -0.39 is 5.79 Å². The van der Waals surface area contributed by atoms with E-state index in [9.17, 15) is 4.79 Å². The molecular weight excluding hydrogens is 310 g/mol. The van der Waals surface area contributed by atoms with Gasteiger partial charge in [0.05, 0.1) is 6.61 Å². The fourth-order valence-electron chi connectivity index (χ4n) is 2.02. The normalized spacial score (nSPS) is 21.4. The van der Waals surface area contributed by atoms with E-state index in [4.69, 9.17) is 9.47 Å². The van der Waals surface area contributed by atoms with Crippen molar-refractivity contribution in [3.05, 3.63) is 33.8 Å². The minimum atomic E-state index is -0.554. The standard InChI is InChI=1S/C14H18BrNO3/c1-9-11(5-4-6-12(9)15)13(17)16-7-10-8-18-14(2,3)19-10/h4-6,10H,7-8H2,1-3H3,(H,16,17). The predicted molar refractivity (Wildman–Crippen MR) is 76.1 cm³/mol. The predicted octanol–water partition coefficient (Wildman–Crippen LogP) is 2.64. The molecule has 0 saturated carbocycles. The third kappa shape index (κ3) is 3.55. The van der Waals surface area contributed by atoms with Crippen LogP contribution in [0.1, 0.15) is 29.8 Å². The maximum atomic E-state index is 12.1. The molecule has 4 nitrogen and oxygen atoms in total. The van der Waals surface area contributed by atoms with Gasteiger partial charge in [0.1, 0.15) is 6.10 Å². The lowest BCUT2D eigenvalue weighted by Gasteiger charge is -2.17. The first-order valence-electron chi connectivity index (χ1n) is 6.24. The van der Waals surface area contributed by atoms with Crippen molar-refractivity contribution in [3.8, 4) is 0 Å². The Morgan fingerprint density at radius 3 is 2.89 bits per heavy atom. The number of hydrogen-bond acceptors (Lipinski definition) is 3. The van der Waals surface area contributed by atoms with Crippen LogP contribution in [0.25, 0.3) is 0 Å². The van der Waals surface area contributed by atoms with Gasteiger partial charge >= 0.3 is 0 Å². The van der Waals surface area contributed by atoms with E-state index in [0.29, 0.717) is 18.7 Å². The maximum absolute atomic E-state index is 12.1. The third-order valence-corrected chi connectivity index (χ3v) is 3.93. The Bertz CT molecular complexity index is 488. The molecule has 1 unspecified atom stereocenters. The second-order valence-corrected chi connectivity index (χ2v) is 5.93. The van der Waals surface area contributed by atoms with Crippen LogP contribution in [0.3, 0.4) is 0 Å². The van der Waals surface area contributed by atoms with Gasteiger partial charge in [-0.25, -0.2) is 0 Å². The highest BCUT2D eigenvalue weighted by atomic mass is 79.9. The van der Waals surface area contributed by atoms with Crippen molar-refractivity contribution in [2.24, 2.45) is 0 Å². The van der Waals surface area contributed by atoms with E-state index in [1.165, 1.54) is 0 Å². The molecule has 1 aromatic rings. The number of hydrogen-bond donors (Lipinski definition) is 1. The molecule has 2 rings (SSSR count). The summed E-state index contributed by atoms with van der Waals surface area (Å²) in [6.07, 6.45) is -0.0913. The van der Waals surface area contributed by atoms with Crippen molar-refractivity contribution in [2.45, 2.75) is 32.7 Å². The van der Waals surface area contributed by atoms with Crippen molar-refractivity contribution < 1.29 is 14.3 Å². The number of ether oxygens (including phenoxy) is 2. The molecule has 104 valence electrons. The zero-order valence-corrected chi connectivity index (χ0v) is 12.9. The molecule has 0 spiro atoms. The van der Waals surface area contributed by atoms with E-state index in [-0.39, 0.29) is 12.0 Å². The summed E-state index contributed by atoms with van der Waals surface area (Å²) in [7, 11) is 0. The summed E-state index contributed by atoms with van der Waals surface area (Å²) in [5, 5.41) is 2.88. The molecule has 1 saturated heterocycles. The van der Waals surface area contributed by atoms with Crippen molar-refractivity contribution in [2.75, 3.05) is 13.2 Å². The number of benzene rings is 1. The highest BCUT2D eigenvalue weighted by molar-refractivity contribution is 9.10. The summed E-state index contributed by atoms with van der Waals surface area (Å²) >= 11 is 3.42. The smallest absolute Gasteiger partial charge is 0.251 e. The zero-order valence-electron chi connectivity index (χ0n) is 11.3. The second-order valence-electron chi connectivity index (χ2n) is 5.07. The Balaban J connectivity index is 1.93. The Kier molecular flexibility index (Phi) is 4.28. The monoisotopic (exact) mass is 327 g/mol. The molecule has 1 amide bonds. The van der Waals surface area contributed by atoms with E-state index in [2.05, 4.69) is 21.2 Å². The number of halogens is 1. The lowest BCUT2D eigenvalue weighted by Crippen LogP contribution is -2.34. The van der Waals surface area contributed by atoms with Gasteiger partial charge in [-0.3, -0.25) is 4.79 Å². The summed E-state index contributed by atoms with van der Waals surface area (Å²) in [6, 6.07) is 5.58. The molecule has 1 aliphatic rings. The van der Waals surface area contributed by atoms with Crippen LogP contribution in [0, 0.1) is 6.92 Å². The summed E-state index contributed by atoms with van der Waals surface area (Å²) in [5.74, 6) is -0.645. The second kappa shape index (κ2) is 5.61. The maximum Gasteiger partial charge on any atom is 0.251 e. The number of carbonyl (C=O) groups is 1. The molecule has 1 aromatic carbocycles. The summed E-state index contributed by atoms with van der Waals surface area (Å²) < 4.78 is 12.0. The van der Waals surface area contributed by atoms with E-state index in [0.717, 1.165) is 10.0 Å². The van der Waals surface area contributed by atoms with E-state index in [1.54, 1.807) is 0 Å². The van der Waals surface area contributed by atoms with Gasteiger partial charge in [0.2, 0.25) is 0 Å². The minimum Gasteiger partial charge on any atom is -0.349 e. The lowest BCUT2D eigenvalue weighted by molar-refractivity contribution is -0.137. The van der Waals surface area contributed by atoms with Crippen LogP contribution < -0.4 is 5.32 Å². The molecule has 0 bridgehead atoms. The van der Waals surface area contributed by atoms with Crippen LogP contribution in [0.4, 0.5) is 0 Å². The SMILES string of the molecule is Cc1c(Br)cccc1C(=O)NCC1COC(C)(C)O1. The summed E-state index contributed by atoms with van der Waals surface area (Å²) in [5.41, 5.74) is 1.61. The molecule has 1 aliphatic heterocycles. The van der Waals surface area contributed by atoms with Crippen molar-refractivity contribution in [3.63, 3.8) is 0 Å². The van der Waals surface area contributed by atoms with Gasteiger partial charge < -0.3 is 14.8 Å². The van der Waals surface area contributed by atoms with Crippen LogP contribution in [-0.2, 0) is 9.47 Å². The Morgan fingerprint density at radius 1 is 1.53 bits per heavy atom. The molecule has 0 radical (unpaired) electrons. The molecule has 1 fully saturated rings. The van der Waals surface area contributed by atoms with Gasteiger partial charge in [0.15, 0.2) is 5.79 Å². The van der Waals surface area contributed by atoms with Gasteiger partial charge in [0.25, 0.3) is 5.91 Å². The van der Waals surface area contributed by atoms with Crippen LogP contribution in [-0.4, -0.2) is 30.9 Å². The quantitative estimate of drug-likeness (QED) is 0.928. The highest BCUT2D eigenvalue weighted by Gasteiger charge is 2.32. The Morgan fingerprint density at radius 2 is 2.26 bits per heavy atom. The highest BCUT2D eigenvalue weighted by Crippen LogP contribution is 2.22. The molecular formula is C14H18BrNO3. The van der Waals surface area contributed by atoms with Gasteiger partial charge in [-0.05, 0) is 38.5 Å². The Hall–Kier alpha value is -0.910. The van der Waals surface area contributed by atoms with Gasteiger partial charge in [-0.1, -0.05) is 22.0 Å². The molecule has 5 heteroatoms. The lowest BCUT2D eigenvalue weighted by atomic mass is 10.1. The van der Waals surface area contributed by atoms with Crippen LogP contribution in [0.2, 0.25) is 0 Å². The van der Waals surface area contributed by atoms with E-state index >= 15 is 0 Å². The van der Waals surface area contributed by atoms with Crippen molar-refractivity contribution in [1.82, 2.24) is 5.32 Å². The first-order valence-corrected chi connectivity index (χ1v) is 7.03. The summed E-state index contributed by atoms with van der Waals surface area (Å²) in [4.78, 5) is 12.1. The molecule has 1 atom stereocenters. The largest absolute Gasteiger partial charge is 0.349 e. The van der Waals surface area contributed by atoms with Crippen LogP contribution in [0.15, 0.2) is 22.7 Å². The Labute approximate surface area is 121 Å². The van der Waals surface area contributed by atoms with Crippen LogP contribution in [0.5, 0.6) is 0 Å². The van der Waals surface area contributed by atoms with E-state index in [1.807, 2.05) is 39.0 Å². The minimum absolute atomic E-state index is 0.0906. The molecule has 1 heterocycles. The van der Waals surface area contributed by atoms with Gasteiger partial charge in [-0.15, -0.1) is 0 Å². The molecule has 19 heavy (non-hydrogen) atoms.